The van der Waals surface area contributed by atoms with E-state index in [4.69, 9.17) is 10.1 Å². The first-order valence-electron chi connectivity index (χ1n) is 12.0. The van der Waals surface area contributed by atoms with Gasteiger partial charge in [-0.25, -0.2) is 9.50 Å². The predicted molar refractivity (Wildman–Crippen MR) is 118 cm³/mol. The zero-order chi connectivity index (χ0) is 21.5. The molecule has 0 unspecified atom stereocenters. The van der Waals surface area contributed by atoms with Crippen molar-refractivity contribution in [2.24, 2.45) is 5.92 Å². The van der Waals surface area contributed by atoms with Gasteiger partial charge in [-0.05, 0) is 70.8 Å². The number of nitrogens with zero attached hydrogens (tertiary/aromatic N) is 5. The van der Waals surface area contributed by atoms with Crippen molar-refractivity contribution >= 4 is 17.5 Å². The van der Waals surface area contributed by atoms with Crippen molar-refractivity contribution in [3.05, 3.63) is 28.7 Å². The number of carbonyl (C=O) groups is 2. The minimum Gasteiger partial charge on any atom is -0.343 e. The zero-order valence-corrected chi connectivity index (χ0v) is 18.8. The van der Waals surface area contributed by atoms with Crippen molar-refractivity contribution in [2.45, 2.75) is 77.7 Å². The Morgan fingerprint density at radius 1 is 1.03 bits per heavy atom. The van der Waals surface area contributed by atoms with Gasteiger partial charge in [0, 0.05) is 49.4 Å². The first kappa shape index (κ1) is 20.5. The molecular weight excluding hydrogens is 390 g/mol. The van der Waals surface area contributed by atoms with E-state index in [0.717, 1.165) is 86.5 Å². The molecule has 2 aromatic rings. The second kappa shape index (κ2) is 8.24. The molecule has 0 N–H and O–H groups in total. The molecule has 0 radical (unpaired) electrons. The molecule has 31 heavy (non-hydrogen) atoms. The van der Waals surface area contributed by atoms with Crippen molar-refractivity contribution in [1.82, 2.24) is 24.4 Å². The number of hydrogen-bond acceptors (Lipinski definition) is 4. The van der Waals surface area contributed by atoms with Gasteiger partial charge in [0.2, 0.25) is 11.8 Å². The number of amides is 2. The predicted octanol–water partition coefficient (Wildman–Crippen LogP) is 3.36. The highest BCUT2D eigenvalue weighted by molar-refractivity contribution is 5.81. The van der Waals surface area contributed by atoms with Crippen LogP contribution in [0, 0.1) is 19.8 Å². The van der Waals surface area contributed by atoms with Gasteiger partial charge in [0.1, 0.15) is 0 Å². The minimum absolute atomic E-state index is 0.0682. The summed E-state index contributed by atoms with van der Waals surface area (Å²) in [4.78, 5) is 34.2. The Labute approximate surface area is 183 Å². The summed E-state index contributed by atoms with van der Waals surface area (Å²) in [5.41, 5.74) is 4.92. The number of aryl methyl sites for hydroxylation is 2. The van der Waals surface area contributed by atoms with Gasteiger partial charge in [-0.15, -0.1) is 0 Å². The van der Waals surface area contributed by atoms with E-state index in [0.29, 0.717) is 18.7 Å². The topological polar surface area (TPSA) is 70.8 Å². The number of piperidine rings is 1. The molecule has 2 saturated heterocycles. The lowest BCUT2D eigenvalue weighted by Crippen LogP contribution is -2.35. The third-order valence-corrected chi connectivity index (χ3v) is 7.28. The molecule has 1 aliphatic carbocycles. The van der Waals surface area contributed by atoms with Gasteiger partial charge >= 0.3 is 0 Å². The van der Waals surface area contributed by atoms with E-state index in [2.05, 4.69) is 6.92 Å². The van der Waals surface area contributed by atoms with Crippen LogP contribution in [0.5, 0.6) is 0 Å². The van der Waals surface area contributed by atoms with Crippen molar-refractivity contribution < 1.29 is 9.59 Å². The summed E-state index contributed by atoms with van der Waals surface area (Å²) in [6.07, 6.45) is 8.76. The quantitative estimate of drug-likeness (QED) is 0.739. The second-order valence-electron chi connectivity index (χ2n) is 9.51. The Morgan fingerprint density at radius 2 is 1.81 bits per heavy atom. The van der Waals surface area contributed by atoms with E-state index >= 15 is 0 Å². The van der Waals surface area contributed by atoms with E-state index in [-0.39, 0.29) is 17.9 Å². The molecule has 2 amide bonds. The number of aromatic nitrogens is 3. The van der Waals surface area contributed by atoms with Crippen molar-refractivity contribution in [3.8, 4) is 0 Å². The normalized spacial score (nSPS) is 21.8. The van der Waals surface area contributed by atoms with Crippen molar-refractivity contribution in [1.29, 1.82) is 0 Å². The molecule has 0 spiro atoms. The summed E-state index contributed by atoms with van der Waals surface area (Å²) < 4.78 is 1.92. The van der Waals surface area contributed by atoms with Gasteiger partial charge in [0.15, 0.2) is 5.65 Å². The van der Waals surface area contributed by atoms with E-state index < -0.39 is 0 Å². The molecule has 7 nitrogen and oxygen atoms in total. The van der Waals surface area contributed by atoms with Crippen LogP contribution in [0.3, 0.4) is 0 Å². The van der Waals surface area contributed by atoms with Crippen LogP contribution in [0.4, 0.5) is 0 Å². The molecule has 1 saturated carbocycles. The van der Waals surface area contributed by atoms with Crippen LogP contribution in [0.1, 0.15) is 80.1 Å². The number of fused-ring (bicyclic) bond motifs is 1. The molecule has 1 atom stereocenters. The molecule has 3 fully saturated rings. The molecular formula is C24H33N5O2. The van der Waals surface area contributed by atoms with Gasteiger partial charge in [0.25, 0.3) is 0 Å². The fourth-order valence-corrected chi connectivity index (χ4v) is 5.31. The Balaban J connectivity index is 1.36. The third kappa shape index (κ3) is 3.94. The number of likely N-dealkylation sites (tertiary alicyclic amines) is 2. The smallest absolute Gasteiger partial charge is 0.226 e. The third-order valence-electron chi connectivity index (χ3n) is 7.28. The standard InChI is InChI=1S/C24H33N5O2/c1-16-19(10-11-23(30)27-12-4-3-5-13-27)17(2)29-22(25-16)15-20(26-29)21-7-6-14-28(21)24(31)18-8-9-18/h15,18,21H,3-14H2,1-2H3/t21-/m1/s1. The van der Waals surface area contributed by atoms with Crippen LogP contribution in [0.25, 0.3) is 5.65 Å². The van der Waals surface area contributed by atoms with Gasteiger partial charge in [-0.1, -0.05) is 0 Å². The number of carbonyl (C=O) groups excluding carboxylic acids is 2. The highest BCUT2D eigenvalue weighted by atomic mass is 16.2. The van der Waals surface area contributed by atoms with Crippen molar-refractivity contribution in [3.63, 3.8) is 0 Å². The molecule has 0 aromatic carbocycles. The molecule has 3 aliphatic rings. The van der Waals surface area contributed by atoms with Gasteiger partial charge in [-0.3, -0.25) is 9.59 Å². The molecule has 7 heteroatoms. The lowest BCUT2D eigenvalue weighted by molar-refractivity contribution is -0.133. The summed E-state index contributed by atoms with van der Waals surface area (Å²) in [7, 11) is 0. The Kier molecular flexibility index (Phi) is 5.44. The molecule has 2 aliphatic heterocycles. The average molecular weight is 424 g/mol. The van der Waals surface area contributed by atoms with Gasteiger partial charge in [-0.2, -0.15) is 5.10 Å². The van der Waals surface area contributed by atoms with Crippen LogP contribution in [0.2, 0.25) is 0 Å². The van der Waals surface area contributed by atoms with Gasteiger partial charge in [0.05, 0.1) is 11.7 Å². The molecule has 5 rings (SSSR count). The average Bonchev–Trinajstić information content (AvgIpc) is 3.36. The van der Waals surface area contributed by atoms with Gasteiger partial charge < -0.3 is 9.80 Å². The highest BCUT2D eigenvalue weighted by Crippen LogP contribution is 2.38. The van der Waals surface area contributed by atoms with Crippen LogP contribution >= 0.6 is 0 Å². The summed E-state index contributed by atoms with van der Waals surface area (Å²) in [6.45, 7) is 6.73. The zero-order valence-electron chi connectivity index (χ0n) is 18.8. The summed E-state index contributed by atoms with van der Waals surface area (Å²) in [5.74, 6) is 0.793. The first-order valence-corrected chi connectivity index (χ1v) is 12.0. The van der Waals surface area contributed by atoms with Crippen LogP contribution in [0.15, 0.2) is 6.07 Å². The molecule has 0 bridgehead atoms. The van der Waals surface area contributed by atoms with Crippen molar-refractivity contribution in [2.75, 3.05) is 19.6 Å². The van der Waals surface area contributed by atoms with E-state index in [9.17, 15) is 9.59 Å². The number of hydrogen-bond donors (Lipinski definition) is 0. The maximum Gasteiger partial charge on any atom is 0.226 e. The maximum absolute atomic E-state index is 12.7. The summed E-state index contributed by atoms with van der Waals surface area (Å²) >= 11 is 0. The lowest BCUT2D eigenvalue weighted by atomic mass is 10.0. The van der Waals surface area contributed by atoms with Crippen LogP contribution in [-0.2, 0) is 16.0 Å². The Morgan fingerprint density at radius 3 is 2.55 bits per heavy atom. The molecule has 2 aromatic heterocycles. The lowest BCUT2D eigenvalue weighted by Gasteiger charge is -2.26. The Hall–Kier alpha value is -2.44. The highest BCUT2D eigenvalue weighted by Gasteiger charge is 2.39. The minimum atomic E-state index is 0.0682. The van der Waals surface area contributed by atoms with Crippen LogP contribution < -0.4 is 0 Å². The maximum atomic E-state index is 12.7. The second-order valence-corrected chi connectivity index (χ2v) is 9.51. The SMILES string of the molecule is Cc1nc2cc([C@H]3CCCN3C(=O)C3CC3)nn2c(C)c1CCC(=O)N1CCCCC1. The van der Waals surface area contributed by atoms with E-state index in [1.165, 1.54) is 6.42 Å². The van der Waals surface area contributed by atoms with E-state index in [1.54, 1.807) is 0 Å². The molecule has 166 valence electrons. The Bertz CT molecular complexity index is 1000. The van der Waals surface area contributed by atoms with E-state index in [1.807, 2.05) is 27.3 Å². The molecule has 4 heterocycles. The summed E-state index contributed by atoms with van der Waals surface area (Å²) in [6, 6.07) is 2.12. The monoisotopic (exact) mass is 423 g/mol. The fraction of sp³-hybridized carbons (Fsp3) is 0.667. The number of rotatable bonds is 5. The first-order chi connectivity index (χ1) is 15.0. The summed E-state index contributed by atoms with van der Waals surface area (Å²) in [5, 5.41) is 4.89. The van der Waals surface area contributed by atoms with Crippen LogP contribution in [-0.4, -0.2) is 55.8 Å². The largest absolute Gasteiger partial charge is 0.343 e. The fourth-order valence-electron chi connectivity index (χ4n) is 5.31.